The number of amides is 1. The smallest absolute Gasteiger partial charge is 0.280 e. The molecule has 0 bridgehead atoms. The number of rotatable bonds is 3. The molecule has 1 aliphatic heterocycles. The summed E-state index contributed by atoms with van der Waals surface area (Å²) in [5, 5.41) is 9.91. The summed E-state index contributed by atoms with van der Waals surface area (Å²) in [5.41, 5.74) is 6.09. The van der Waals surface area contributed by atoms with Gasteiger partial charge in [-0.1, -0.05) is 5.21 Å². The molecule has 0 unspecified atom stereocenters. The number of anilines is 2. The summed E-state index contributed by atoms with van der Waals surface area (Å²) < 4.78 is 38.9. The number of carbonyl (C=O) groups is 1. The highest BCUT2D eigenvalue weighted by atomic mass is 19.1. The Hall–Kier alpha value is -3.69. The van der Waals surface area contributed by atoms with Crippen molar-refractivity contribution in [2.24, 2.45) is 0 Å². The molecule has 0 aliphatic carbocycles. The summed E-state index contributed by atoms with van der Waals surface area (Å²) in [5.74, 6) is -1.38. The molecular formula is C17H13F2N5O3. The van der Waals surface area contributed by atoms with Crippen molar-refractivity contribution in [2.45, 2.75) is 0 Å². The molecule has 138 valence electrons. The summed E-state index contributed by atoms with van der Waals surface area (Å²) in [7, 11) is 0. The standard InChI is InChI=1S/C17H13F2N5O3/c18-9-1-3-12(11(19)7-9)21-17(25)15-16(20)24(23-22-15)10-2-4-13-14(8-10)27-6-5-26-13/h1-4,7-8H,5-6,20H2,(H,21,25). The number of hydrogen-bond acceptors (Lipinski definition) is 6. The molecule has 27 heavy (non-hydrogen) atoms. The zero-order valence-corrected chi connectivity index (χ0v) is 13.8. The molecule has 0 atom stereocenters. The van der Waals surface area contributed by atoms with Gasteiger partial charge in [-0.15, -0.1) is 5.10 Å². The fraction of sp³-hybridized carbons (Fsp3) is 0.118. The van der Waals surface area contributed by atoms with Crippen molar-refractivity contribution < 1.29 is 23.0 Å². The third-order valence-corrected chi connectivity index (χ3v) is 3.87. The molecule has 8 nitrogen and oxygen atoms in total. The van der Waals surface area contributed by atoms with E-state index in [9.17, 15) is 13.6 Å². The molecule has 0 spiro atoms. The van der Waals surface area contributed by atoms with E-state index in [1.807, 2.05) is 0 Å². The van der Waals surface area contributed by atoms with Crippen LogP contribution in [0.1, 0.15) is 10.5 Å². The first-order valence-electron chi connectivity index (χ1n) is 7.90. The van der Waals surface area contributed by atoms with Crippen LogP contribution < -0.4 is 20.5 Å². The molecule has 2 heterocycles. The van der Waals surface area contributed by atoms with E-state index < -0.39 is 17.5 Å². The van der Waals surface area contributed by atoms with Crippen molar-refractivity contribution >= 4 is 17.4 Å². The van der Waals surface area contributed by atoms with Crippen LogP contribution in [0.4, 0.5) is 20.3 Å². The molecular weight excluding hydrogens is 360 g/mol. The van der Waals surface area contributed by atoms with Gasteiger partial charge in [-0.05, 0) is 24.3 Å². The van der Waals surface area contributed by atoms with E-state index in [1.54, 1.807) is 18.2 Å². The Balaban J connectivity index is 1.61. The minimum absolute atomic E-state index is 0.0494. The van der Waals surface area contributed by atoms with E-state index >= 15 is 0 Å². The second-order valence-corrected chi connectivity index (χ2v) is 5.64. The van der Waals surface area contributed by atoms with Crippen LogP contribution in [-0.2, 0) is 0 Å². The van der Waals surface area contributed by atoms with Gasteiger partial charge in [-0.25, -0.2) is 8.78 Å². The van der Waals surface area contributed by atoms with Crippen LogP contribution in [0.25, 0.3) is 5.69 Å². The lowest BCUT2D eigenvalue weighted by atomic mass is 10.2. The maximum atomic E-state index is 13.7. The Bertz CT molecular complexity index is 1040. The molecule has 10 heteroatoms. The number of nitrogen functional groups attached to an aromatic ring is 1. The van der Waals surface area contributed by atoms with Gasteiger partial charge < -0.3 is 20.5 Å². The van der Waals surface area contributed by atoms with Gasteiger partial charge in [0.2, 0.25) is 0 Å². The lowest BCUT2D eigenvalue weighted by molar-refractivity contribution is 0.102. The van der Waals surface area contributed by atoms with E-state index in [1.165, 1.54) is 4.68 Å². The molecule has 0 fully saturated rings. The number of nitrogens with zero attached hydrogens (tertiary/aromatic N) is 3. The number of ether oxygens (including phenoxy) is 2. The van der Waals surface area contributed by atoms with Crippen LogP contribution in [0.5, 0.6) is 11.5 Å². The molecule has 1 amide bonds. The molecule has 4 rings (SSSR count). The maximum Gasteiger partial charge on any atom is 0.280 e. The Morgan fingerprint density at radius 1 is 1.11 bits per heavy atom. The molecule has 0 saturated heterocycles. The molecule has 2 aromatic carbocycles. The zero-order chi connectivity index (χ0) is 19.0. The highest BCUT2D eigenvalue weighted by Crippen LogP contribution is 2.32. The Kier molecular flexibility index (Phi) is 4.07. The molecule has 3 N–H and O–H groups in total. The number of hydrogen-bond donors (Lipinski definition) is 2. The van der Waals surface area contributed by atoms with Gasteiger partial charge in [0.25, 0.3) is 5.91 Å². The summed E-state index contributed by atoms with van der Waals surface area (Å²) in [6, 6.07) is 7.81. The van der Waals surface area contributed by atoms with Gasteiger partial charge >= 0.3 is 0 Å². The predicted octanol–water partition coefficient (Wildman–Crippen LogP) is 2.15. The lowest BCUT2D eigenvalue weighted by Gasteiger charge is -2.18. The maximum absolute atomic E-state index is 13.7. The molecule has 0 radical (unpaired) electrons. The quantitative estimate of drug-likeness (QED) is 0.729. The van der Waals surface area contributed by atoms with Crippen molar-refractivity contribution in [2.75, 3.05) is 24.3 Å². The SMILES string of the molecule is Nc1c(C(=O)Nc2ccc(F)cc2F)nnn1-c1ccc2c(c1)OCCO2. The number of benzene rings is 2. The Morgan fingerprint density at radius 2 is 1.89 bits per heavy atom. The van der Waals surface area contributed by atoms with Crippen molar-refractivity contribution in [1.82, 2.24) is 15.0 Å². The molecule has 1 aromatic heterocycles. The van der Waals surface area contributed by atoms with Gasteiger partial charge in [0, 0.05) is 12.1 Å². The van der Waals surface area contributed by atoms with E-state index in [4.69, 9.17) is 15.2 Å². The number of nitrogens with two attached hydrogens (primary N) is 1. The Labute approximate surface area is 151 Å². The molecule has 0 saturated carbocycles. The monoisotopic (exact) mass is 373 g/mol. The van der Waals surface area contributed by atoms with Gasteiger partial charge in [-0.3, -0.25) is 4.79 Å². The number of carbonyl (C=O) groups excluding carboxylic acids is 1. The minimum Gasteiger partial charge on any atom is -0.486 e. The van der Waals surface area contributed by atoms with E-state index in [2.05, 4.69) is 15.6 Å². The number of fused-ring (bicyclic) bond motifs is 1. The first kappa shape index (κ1) is 16.8. The molecule has 3 aromatic rings. The normalized spacial score (nSPS) is 12.7. The van der Waals surface area contributed by atoms with Crippen LogP contribution in [-0.4, -0.2) is 34.1 Å². The average Bonchev–Trinajstić information content (AvgIpc) is 3.05. The van der Waals surface area contributed by atoms with Gasteiger partial charge in [-0.2, -0.15) is 4.68 Å². The van der Waals surface area contributed by atoms with Crippen molar-refractivity contribution in [3.8, 4) is 17.2 Å². The van der Waals surface area contributed by atoms with Gasteiger partial charge in [0.05, 0.1) is 11.4 Å². The highest BCUT2D eigenvalue weighted by molar-refractivity contribution is 6.05. The number of nitrogens with one attached hydrogen (secondary N) is 1. The second-order valence-electron chi connectivity index (χ2n) is 5.64. The summed E-state index contributed by atoms with van der Waals surface area (Å²) >= 11 is 0. The third kappa shape index (κ3) is 3.12. The third-order valence-electron chi connectivity index (χ3n) is 3.87. The fourth-order valence-electron chi connectivity index (χ4n) is 2.58. The fourth-order valence-corrected chi connectivity index (χ4v) is 2.58. The van der Waals surface area contributed by atoms with Gasteiger partial charge in [0.15, 0.2) is 23.0 Å². The zero-order valence-electron chi connectivity index (χ0n) is 13.8. The summed E-state index contributed by atoms with van der Waals surface area (Å²) in [6.07, 6.45) is 0. The van der Waals surface area contributed by atoms with E-state index in [0.717, 1.165) is 12.1 Å². The summed E-state index contributed by atoms with van der Waals surface area (Å²) in [4.78, 5) is 12.3. The number of halogens is 2. The van der Waals surface area contributed by atoms with Crippen LogP contribution in [0.15, 0.2) is 36.4 Å². The van der Waals surface area contributed by atoms with Crippen LogP contribution in [0.2, 0.25) is 0 Å². The highest BCUT2D eigenvalue weighted by Gasteiger charge is 2.21. The Morgan fingerprint density at radius 3 is 2.67 bits per heavy atom. The van der Waals surface area contributed by atoms with E-state index in [0.29, 0.717) is 36.5 Å². The van der Waals surface area contributed by atoms with Gasteiger partial charge in [0.1, 0.15) is 24.8 Å². The van der Waals surface area contributed by atoms with Crippen LogP contribution >= 0.6 is 0 Å². The number of aromatic nitrogens is 3. The van der Waals surface area contributed by atoms with Crippen molar-refractivity contribution in [1.29, 1.82) is 0 Å². The second kappa shape index (κ2) is 6.56. The van der Waals surface area contributed by atoms with Crippen LogP contribution in [0.3, 0.4) is 0 Å². The average molecular weight is 373 g/mol. The lowest BCUT2D eigenvalue weighted by Crippen LogP contribution is -2.16. The van der Waals surface area contributed by atoms with Crippen molar-refractivity contribution in [3.63, 3.8) is 0 Å². The predicted molar refractivity (Wildman–Crippen MR) is 91.1 cm³/mol. The topological polar surface area (TPSA) is 104 Å². The largest absolute Gasteiger partial charge is 0.486 e. The van der Waals surface area contributed by atoms with E-state index in [-0.39, 0.29) is 17.2 Å². The van der Waals surface area contributed by atoms with Crippen molar-refractivity contribution in [3.05, 3.63) is 53.7 Å². The van der Waals surface area contributed by atoms with Crippen LogP contribution in [0, 0.1) is 11.6 Å². The summed E-state index contributed by atoms with van der Waals surface area (Å²) in [6.45, 7) is 0.877. The minimum atomic E-state index is -0.916. The first-order chi connectivity index (χ1) is 13.0. The first-order valence-corrected chi connectivity index (χ1v) is 7.90. The molecule has 1 aliphatic rings.